The van der Waals surface area contributed by atoms with E-state index in [1.807, 2.05) is 25.1 Å². The third kappa shape index (κ3) is 2.78. The average Bonchev–Trinajstić information content (AvgIpc) is 2.34. The zero-order valence-corrected chi connectivity index (χ0v) is 11.3. The topological polar surface area (TPSA) is 50.9 Å². The molecule has 92 valence electrons. The van der Waals surface area contributed by atoms with Crippen LogP contribution in [0.15, 0.2) is 36.5 Å². The number of anilines is 2. The Bertz CT molecular complexity index is 599. The van der Waals surface area contributed by atoms with Crippen LogP contribution >= 0.6 is 23.8 Å². The van der Waals surface area contributed by atoms with Gasteiger partial charge in [0.1, 0.15) is 4.99 Å². The molecule has 0 aliphatic rings. The zero-order chi connectivity index (χ0) is 13.1. The zero-order valence-electron chi connectivity index (χ0n) is 9.77. The number of hydrogen-bond acceptors (Lipinski definition) is 3. The first-order valence-corrected chi connectivity index (χ1v) is 6.14. The summed E-state index contributed by atoms with van der Waals surface area (Å²) in [4.78, 5) is 4.52. The third-order valence-corrected chi connectivity index (χ3v) is 2.98. The third-order valence-electron chi connectivity index (χ3n) is 2.52. The Kier molecular flexibility index (Phi) is 3.79. The molecule has 5 heteroatoms. The molecular weight excluding hydrogens is 266 g/mol. The van der Waals surface area contributed by atoms with E-state index in [4.69, 9.17) is 29.6 Å². The maximum atomic E-state index is 5.94. The molecule has 0 fully saturated rings. The molecule has 0 saturated heterocycles. The van der Waals surface area contributed by atoms with Gasteiger partial charge in [0.25, 0.3) is 0 Å². The van der Waals surface area contributed by atoms with E-state index in [1.54, 1.807) is 18.3 Å². The van der Waals surface area contributed by atoms with Crippen molar-refractivity contribution in [3.63, 3.8) is 0 Å². The number of hydrogen-bond donors (Lipinski definition) is 2. The lowest BCUT2D eigenvalue weighted by atomic mass is 10.1. The molecule has 2 aromatic rings. The van der Waals surface area contributed by atoms with Crippen molar-refractivity contribution in [3.05, 3.63) is 52.8 Å². The highest BCUT2D eigenvalue weighted by molar-refractivity contribution is 7.80. The molecule has 18 heavy (non-hydrogen) atoms. The normalized spacial score (nSPS) is 10.1. The first-order valence-electron chi connectivity index (χ1n) is 5.36. The Morgan fingerprint density at radius 3 is 2.78 bits per heavy atom. The number of nitrogens with zero attached hydrogens (tertiary/aromatic N) is 1. The number of rotatable bonds is 3. The summed E-state index contributed by atoms with van der Waals surface area (Å²) in [6.45, 7) is 1.93. The number of aryl methyl sites for hydroxylation is 1. The maximum absolute atomic E-state index is 5.94. The lowest BCUT2D eigenvalue weighted by Crippen LogP contribution is -2.12. The standard InChI is InChI=1S/C13H12ClN3S/c1-8-11(3-2-6-16-8)17-12-5-4-9(14)7-10(12)13(15)18/h2-7,17H,1H3,(H2,15,18). The first-order chi connectivity index (χ1) is 8.58. The van der Waals surface area contributed by atoms with Crippen LogP contribution in [0.3, 0.4) is 0 Å². The van der Waals surface area contributed by atoms with Crippen molar-refractivity contribution in [2.45, 2.75) is 6.92 Å². The van der Waals surface area contributed by atoms with Crippen LogP contribution in [0, 0.1) is 6.92 Å². The van der Waals surface area contributed by atoms with E-state index in [1.165, 1.54) is 0 Å². The fraction of sp³-hybridized carbons (Fsp3) is 0.0769. The van der Waals surface area contributed by atoms with Crippen LogP contribution in [0.5, 0.6) is 0 Å². The maximum Gasteiger partial charge on any atom is 0.106 e. The van der Waals surface area contributed by atoms with Gasteiger partial charge >= 0.3 is 0 Å². The minimum absolute atomic E-state index is 0.307. The van der Waals surface area contributed by atoms with E-state index in [2.05, 4.69) is 10.3 Å². The predicted molar refractivity (Wildman–Crippen MR) is 79.6 cm³/mol. The van der Waals surface area contributed by atoms with Crippen molar-refractivity contribution in [2.24, 2.45) is 5.73 Å². The van der Waals surface area contributed by atoms with Crippen LogP contribution in [-0.2, 0) is 0 Å². The van der Waals surface area contributed by atoms with Crippen molar-refractivity contribution < 1.29 is 0 Å². The molecule has 0 unspecified atom stereocenters. The molecule has 0 aliphatic carbocycles. The highest BCUT2D eigenvalue weighted by Gasteiger charge is 2.07. The molecule has 1 aromatic heterocycles. The van der Waals surface area contributed by atoms with Crippen LogP contribution in [0.25, 0.3) is 0 Å². The van der Waals surface area contributed by atoms with Crippen LogP contribution in [0.4, 0.5) is 11.4 Å². The molecule has 2 rings (SSSR count). The molecule has 3 N–H and O–H groups in total. The van der Waals surface area contributed by atoms with E-state index < -0.39 is 0 Å². The van der Waals surface area contributed by atoms with E-state index >= 15 is 0 Å². The Balaban J connectivity index is 2.41. The summed E-state index contributed by atoms with van der Waals surface area (Å²) in [6.07, 6.45) is 1.75. The van der Waals surface area contributed by atoms with Gasteiger partial charge in [-0.15, -0.1) is 0 Å². The molecule has 0 atom stereocenters. The quantitative estimate of drug-likeness (QED) is 0.844. The number of nitrogens with one attached hydrogen (secondary N) is 1. The van der Waals surface area contributed by atoms with Gasteiger partial charge in [-0.2, -0.15) is 0 Å². The van der Waals surface area contributed by atoms with Crippen molar-refractivity contribution in [2.75, 3.05) is 5.32 Å². The lowest BCUT2D eigenvalue weighted by Gasteiger charge is -2.12. The molecular formula is C13H12ClN3S. The lowest BCUT2D eigenvalue weighted by molar-refractivity contribution is 1.20. The first kappa shape index (κ1) is 12.8. The number of pyridine rings is 1. The van der Waals surface area contributed by atoms with Crippen LogP contribution in [0.1, 0.15) is 11.3 Å². The molecule has 0 bridgehead atoms. The molecule has 3 nitrogen and oxygen atoms in total. The number of aromatic nitrogens is 1. The predicted octanol–water partition coefficient (Wildman–Crippen LogP) is 3.42. The summed E-state index contributed by atoms with van der Waals surface area (Å²) in [5.41, 5.74) is 9.06. The summed E-state index contributed by atoms with van der Waals surface area (Å²) >= 11 is 11.0. The van der Waals surface area contributed by atoms with Gasteiger partial charge in [-0.3, -0.25) is 4.98 Å². The van der Waals surface area contributed by atoms with Gasteiger partial charge in [0, 0.05) is 22.5 Å². The number of thiocarbonyl (C=S) groups is 1. The molecule has 1 aromatic carbocycles. The smallest absolute Gasteiger partial charge is 0.106 e. The van der Waals surface area contributed by atoms with E-state index in [9.17, 15) is 0 Å². The van der Waals surface area contributed by atoms with Gasteiger partial charge in [-0.1, -0.05) is 23.8 Å². The summed E-state index contributed by atoms with van der Waals surface area (Å²) in [7, 11) is 0. The minimum atomic E-state index is 0.307. The van der Waals surface area contributed by atoms with Gasteiger partial charge in [0.05, 0.1) is 11.4 Å². The molecule has 0 aliphatic heterocycles. The summed E-state index contributed by atoms with van der Waals surface area (Å²) in [6, 6.07) is 9.20. The fourth-order valence-electron chi connectivity index (χ4n) is 1.59. The fourth-order valence-corrected chi connectivity index (χ4v) is 1.93. The van der Waals surface area contributed by atoms with Crippen LogP contribution < -0.4 is 11.1 Å². The van der Waals surface area contributed by atoms with Crippen molar-refractivity contribution in [3.8, 4) is 0 Å². The van der Waals surface area contributed by atoms with Crippen molar-refractivity contribution in [1.82, 2.24) is 4.98 Å². The van der Waals surface area contributed by atoms with Gasteiger partial charge < -0.3 is 11.1 Å². The van der Waals surface area contributed by atoms with Crippen LogP contribution in [0.2, 0.25) is 5.02 Å². The largest absolute Gasteiger partial charge is 0.389 e. The number of benzene rings is 1. The van der Waals surface area contributed by atoms with Crippen molar-refractivity contribution >= 4 is 40.2 Å². The Morgan fingerprint density at radius 1 is 1.33 bits per heavy atom. The molecule has 0 radical (unpaired) electrons. The van der Waals surface area contributed by atoms with Gasteiger partial charge in [0.2, 0.25) is 0 Å². The number of nitrogens with two attached hydrogens (primary N) is 1. The molecule has 0 amide bonds. The average molecular weight is 278 g/mol. The molecule has 1 heterocycles. The second-order valence-corrected chi connectivity index (χ2v) is 4.69. The monoisotopic (exact) mass is 277 g/mol. The SMILES string of the molecule is Cc1ncccc1Nc1ccc(Cl)cc1C(N)=S. The highest BCUT2D eigenvalue weighted by Crippen LogP contribution is 2.25. The highest BCUT2D eigenvalue weighted by atomic mass is 35.5. The summed E-state index contributed by atoms with van der Waals surface area (Å²) in [5, 5.41) is 3.86. The van der Waals surface area contributed by atoms with Crippen molar-refractivity contribution in [1.29, 1.82) is 0 Å². The summed E-state index contributed by atoms with van der Waals surface area (Å²) in [5.74, 6) is 0. The minimum Gasteiger partial charge on any atom is -0.389 e. The Labute approximate surface area is 116 Å². The van der Waals surface area contributed by atoms with E-state index in [0.717, 1.165) is 22.6 Å². The van der Waals surface area contributed by atoms with E-state index in [-0.39, 0.29) is 0 Å². The Hall–Kier alpha value is -1.65. The van der Waals surface area contributed by atoms with Gasteiger partial charge in [-0.25, -0.2) is 0 Å². The summed E-state index contributed by atoms with van der Waals surface area (Å²) < 4.78 is 0. The van der Waals surface area contributed by atoms with E-state index in [0.29, 0.717) is 10.0 Å². The Morgan fingerprint density at radius 2 is 2.11 bits per heavy atom. The van der Waals surface area contributed by atoms with Gasteiger partial charge in [0.15, 0.2) is 0 Å². The molecule has 0 saturated carbocycles. The number of halogens is 1. The van der Waals surface area contributed by atoms with Crippen LogP contribution in [-0.4, -0.2) is 9.97 Å². The second kappa shape index (κ2) is 5.33. The second-order valence-electron chi connectivity index (χ2n) is 3.82. The molecule has 0 spiro atoms. The van der Waals surface area contributed by atoms with Gasteiger partial charge in [-0.05, 0) is 37.3 Å².